The molecule has 0 fully saturated rings. The molecule has 0 atom stereocenters. The first-order valence-electron chi connectivity index (χ1n) is 3.48. The lowest BCUT2D eigenvalue weighted by atomic mass is 10.2. The van der Waals surface area contributed by atoms with E-state index in [2.05, 4.69) is 4.65 Å². The zero-order valence-corrected chi connectivity index (χ0v) is 6.69. The molecule has 0 aliphatic carbocycles. The van der Waals surface area contributed by atoms with Crippen LogP contribution in [-0.2, 0) is 0 Å². The Kier molecular flexibility index (Phi) is 2.57. The summed E-state index contributed by atoms with van der Waals surface area (Å²) in [6, 6.07) is 5.09. The summed E-state index contributed by atoms with van der Waals surface area (Å²) in [5, 5.41) is 17.0. The molecule has 0 saturated carbocycles. The average Bonchev–Trinajstić information content (AvgIpc) is 1.96. The topological polar surface area (TPSA) is 75.7 Å². The number of hydrogen-bond donors (Lipinski definition) is 3. The van der Waals surface area contributed by atoms with Crippen LogP contribution in [0.1, 0.15) is 5.56 Å². The standard InChI is InChI=1S/C7H10BNO3/c1-5-2-3-6(9)7(4-5)12-8(10)11/h2-4,10-11H,9H2,1H3. The van der Waals surface area contributed by atoms with Crippen molar-refractivity contribution in [1.29, 1.82) is 0 Å². The summed E-state index contributed by atoms with van der Waals surface area (Å²) in [6.45, 7) is 1.86. The fraction of sp³-hybridized carbons (Fsp3) is 0.143. The molecular formula is C7H10BNO3. The van der Waals surface area contributed by atoms with Crippen molar-refractivity contribution in [2.75, 3.05) is 5.73 Å². The van der Waals surface area contributed by atoms with Gasteiger partial charge in [0, 0.05) is 0 Å². The van der Waals surface area contributed by atoms with Gasteiger partial charge in [-0.25, -0.2) is 0 Å². The summed E-state index contributed by atoms with van der Waals surface area (Å²) in [7, 11) is -1.82. The molecule has 5 heteroatoms. The quantitative estimate of drug-likeness (QED) is 0.425. The summed E-state index contributed by atoms with van der Waals surface area (Å²) in [6.07, 6.45) is 0. The third-order valence-electron chi connectivity index (χ3n) is 1.40. The summed E-state index contributed by atoms with van der Waals surface area (Å²) in [5.74, 6) is 0.282. The molecular weight excluding hydrogens is 157 g/mol. The van der Waals surface area contributed by atoms with Crippen molar-refractivity contribution >= 4 is 13.0 Å². The van der Waals surface area contributed by atoms with Gasteiger partial charge >= 0.3 is 7.32 Å². The smallest absolute Gasteiger partial charge is 0.510 e. The van der Waals surface area contributed by atoms with E-state index >= 15 is 0 Å². The van der Waals surface area contributed by atoms with E-state index in [9.17, 15) is 0 Å². The number of aryl methyl sites for hydroxylation is 1. The number of nitrogens with two attached hydrogens (primary N) is 1. The van der Waals surface area contributed by atoms with E-state index in [1.54, 1.807) is 12.1 Å². The van der Waals surface area contributed by atoms with Gasteiger partial charge in [-0.3, -0.25) is 0 Å². The van der Waals surface area contributed by atoms with Gasteiger partial charge in [0.05, 0.1) is 5.69 Å². The molecule has 0 heterocycles. The Morgan fingerprint density at radius 3 is 2.67 bits per heavy atom. The molecule has 1 aromatic carbocycles. The molecule has 0 amide bonds. The van der Waals surface area contributed by atoms with E-state index in [-0.39, 0.29) is 5.75 Å². The number of nitrogen functional groups attached to an aromatic ring is 1. The van der Waals surface area contributed by atoms with Crippen molar-refractivity contribution in [1.82, 2.24) is 0 Å². The minimum atomic E-state index is -1.82. The molecule has 12 heavy (non-hydrogen) atoms. The Morgan fingerprint density at radius 2 is 2.08 bits per heavy atom. The molecule has 0 unspecified atom stereocenters. The van der Waals surface area contributed by atoms with Gasteiger partial charge in [-0.2, -0.15) is 0 Å². The van der Waals surface area contributed by atoms with Crippen LogP contribution in [0.2, 0.25) is 0 Å². The maximum Gasteiger partial charge on any atom is 0.707 e. The second-order valence-corrected chi connectivity index (χ2v) is 2.49. The summed E-state index contributed by atoms with van der Waals surface area (Å²) < 4.78 is 4.61. The highest BCUT2D eigenvalue weighted by Gasteiger charge is 2.12. The van der Waals surface area contributed by atoms with Crippen molar-refractivity contribution in [2.45, 2.75) is 6.92 Å². The summed E-state index contributed by atoms with van der Waals surface area (Å²) in [5.41, 5.74) is 6.82. The van der Waals surface area contributed by atoms with Gasteiger partial charge in [0.1, 0.15) is 5.75 Å². The maximum absolute atomic E-state index is 8.50. The van der Waals surface area contributed by atoms with Crippen LogP contribution in [0.25, 0.3) is 0 Å². The van der Waals surface area contributed by atoms with Crippen molar-refractivity contribution in [3.63, 3.8) is 0 Å². The average molecular weight is 167 g/mol. The first kappa shape index (κ1) is 8.90. The SMILES string of the molecule is Cc1ccc(N)c(OB(O)O)c1. The fourth-order valence-corrected chi connectivity index (χ4v) is 0.857. The van der Waals surface area contributed by atoms with E-state index in [0.29, 0.717) is 5.69 Å². The lowest BCUT2D eigenvalue weighted by Gasteiger charge is -2.07. The molecule has 64 valence electrons. The Morgan fingerprint density at radius 1 is 1.42 bits per heavy atom. The maximum atomic E-state index is 8.50. The molecule has 0 saturated heterocycles. The zero-order chi connectivity index (χ0) is 9.14. The normalized spacial score (nSPS) is 9.58. The Labute approximate surface area is 70.8 Å². The molecule has 0 bridgehead atoms. The predicted molar refractivity (Wildman–Crippen MR) is 46.4 cm³/mol. The van der Waals surface area contributed by atoms with Gasteiger partial charge < -0.3 is 20.4 Å². The van der Waals surface area contributed by atoms with E-state index in [1.165, 1.54) is 0 Å². The van der Waals surface area contributed by atoms with Gasteiger partial charge in [0.15, 0.2) is 0 Å². The zero-order valence-electron chi connectivity index (χ0n) is 6.69. The molecule has 0 spiro atoms. The van der Waals surface area contributed by atoms with Gasteiger partial charge in [0.2, 0.25) is 0 Å². The highest BCUT2D eigenvalue weighted by molar-refractivity contribution is 6.33. The highest BCUT2D eigenvalue weighted by atomic mass is 16.6. The van der Waals surface area contributed by atoms with Crippen LogP contribution in [0.15, 0.2) is 18.2 Å². The molecule has 1 aromatic rings. The van der Waals surface area contributed by atoms with Gasteiger partial charge in [-0.15, -0.1) is 0 Å². The van der Waals surface area contributed by atoms with Gasteiger partial charge in [0.25, 0.3) is 0 Å². The molecule has 0 radical (unpaired) electrons. The lowest BCUT2D eigenvalue weighted by molar-refractivity contribution is 0.289. The van der Waals surface area contributed by atoms with E-state index in [1.807, 2.05) is 13.0 Å². The predicted octanol–water partition coefficient (Wildman–Crippen LogP) is -0.0745. The second kappa shape index (κ2) is 3.47. The molecule has 4 N–H and O–H groups in total. The van der Waals surface area contributed by atoms with Crippen LogP contribution in [0, 0.1) is 6.92 Å². The highest BCUT2D eigenvalue weighted by Crippen LogP contribution is 2.22. The third kappa shape index (κ3) is 2.15. The summed E-state index contributed by atoms with van der Waals surface area (Å²) >= 11 is 0. The molecule has 1 rings (SSSR count). The van der Waals surface area contributed by atoms with Crippen LogP contribution in [0.3, 0.4) is 0 Å². The lowest BCUT2D eigenvalue weighted by Crippen LogP contribution is -2.21. The largest absolute Gasteiger partial charge is 0.707 e. The van der Waals surface area contributed by atoms with E-state index in [4.69, 9.17) is 15.8 Å². The minimum Gasteiger partial charge on any atom is -0.510 e. The van der Waals surface area contributed by atoms with Crippen LogP contribution in [0.5, 0.6) is 5.75 Å². The molecule has 0 aliphatic rings. The van der Waals surface area contributed by atoms with Crippen LogP contribution >= 0.6 is 0 Å². The minimum absolute atomic E-state index is 0.282. The number of anilines is 1. The fourth-order valence-electron chi connectivity index (χ4n) is 0.857. The molecule has 0 aromatic heterocycles. The van der Waals surface area contributed by atoms with Crippen molar-refractivity contribution < 1.29 is 14.7 Å². The number of hydrogen-bond acceptors (Lipinski definition) is 4. The number of rotatable bonds is 2. The molecule has 4 nitrogen and oxygen atoms in total. The van der Waals surface area contributed by atoms with E-state index < -0.39 is 7.32 Å². The first-order chi connectivity index (χ1) is 5.59. The van der Waals surface area contributed by atoms with Crippen LogP contribution < -0.4 is 10.4 Å². The molecule has 0 aliphatic heterocycles. The Hall–Kier alpha value is -1.20. The number of benzene rings is 1. The monoisotopic (exact) mass is 167 g/mol. The van der Waals surface area contributed by atoms with Crippen molar-refractivity contribution in [3.05, 3.63) is 23.8 Å². The second-order valence-electron chi connectivity index (χ2n) is 2.49. The van der Waals surface area contributed by atoms with Crippen LogP contribution in [-0.4, -0.2) is 17.4 Å². The third-order valence-corrected chi connectivity index (χ3v) is 1.40. The first-order valence-corrected chi connectivity index (χ1v) is 3.48. The van der Waals surface area contributed by atoms with Gasteiger partial charge in [-0.1, -0.05) is 6.07 Å². The van der Waals surface area contributed by atoms with Crippen molar-refractivity contribution in [2.24, 2.45) is 0 Å². The van der Waals surface area contributed by atoms with E-state index in [0.717, 1.165) is 5.56 Å². The van der Waals surface area contributed by atoms with Gasteiger partial charge in [-0.05, 0) is 24.6 Å². The Balaban J connectivity index is 2.90. The van der Waals surface area contributed by atoms with Crippen molar-refractivity contribution in [3.8, 4) is 5.75 Å². The Bertz CT molecular complexity index is 277. The summed E-state index contributed by atoms with van der Waals surface area (Å²) in [4.78, 5) is 0. The van der Waals surface area contributed by atoms with Crippen LogP contribution in [0.4, 0.5) is 5.69 Å².